The number of pyridine rings is 1. The van der Waals surface area contributed by atoms with Crippen molar-refractivity contribution in [2.75, 3.05) is 6.61 Å². The van der Waals surface area contributed by atoms with Gasteiger partial charge in [-0.15, -0.1) is 4.99 Å². The molecule has 28 heavy (non-hydrogen) atoms. The van der Waals surface area contributed by atoms with Crippen LogP contribution in [-0.4, -0.2) is 39.8 Å². The Bertz CT molecular complexity index is 840. The maximum atomic E-state index is 12.1. The van der Waals surface area contributed by atoms with Gasteiger partial charge in [0.15, 0.2) is 5.96 Å². The number of guanidine groups is 1. The van der Waals surface area contributed by atoms with Gasteiger partial charge in [-0.2, -0.15) is 18.2 Å². The topological polar surface area (TPSA) is 139 Å². The Balaban J connectivity index is 1.99. The lowest BCUT2D eigenvalue weighted by atomic mass is 10.2. The van der Waals surface area contributed by atoms with Gasteiger partial charge in [-0.1, -0.05) is 6.07 Å². The second-order valence-corrected chi connectivity index (χ2v) is 5.40. The molecule has 1 amide bonds. The Morgan fingerprint density at radius 2 is 1.89 bits per heavy atom. The summed E-state index contributed by atoms with van der Waals surface area (Å²) >= 11 is 0. The maximum absolute atomic E-state index is 12.1. The highest BCUT2D eigenvalue weighted by Gasteiger charge is 2.26. The van der Waals surface area contributed by atoms with Crippen LogP contribution in [-0.2, 0) is 11.3 Å². The van der Waals surface area contributed by atoms with E-state index in [1.165, 1.54) is 6.20 Å². The van der Waals surface area contributed by atoms with E-state index >= 15 is 0 Å². The number of alkyl halides is 3. The molecule has 0 fully saturated rings. The standard InChI is InChI=1S/C16H17F3N6O3/c17-16(18,19)6-2-8-27-14-22-7-5-12(24-14)11-4-1-3-10(23-11)9-28-15(26)25-13(20)21/h1,3-5,7H,2,6,8-9H2,(H4,20,21,25,26). The zero-order chi connectivity index (χ0) is 20.6. The number of hydrogen-bond donors (Lipinski definition) is 2. The number of nitrogens with two attached hydrogens (primary N) is 2. The highest BCUT2D eigenvalue weighted by atomic mass is 19.4. The van der Waals surface area contributed by atoms with Crippen LogP contribution in [0.1, 0.15) is 18.5 Å². The van der Waals surface area contributed by atoms with Crippen molar-refractivity contribution in [2.45, 2.75) is 25.6 Å². The lowest BCUT2D eigenvalue weighted by molar-refractivity contribution is -0.136. The molecule has 4 N–H and O–H groups in total. The van der Waals surface area contributed by atoms with E-state index in [0.717, 1.165) is 0 Å². The van der Waals surface area contributed by atoms with E-state index in [9.17, 15) is 18.0 Å². The summed E-state index contributed by atoms with van der Waals surface area (Å²) in [5.41, 5.74) is 11.4. The van der Waals surface area contributed by atoms with E-state index in [1.807, 2.05) is 0 Å². The van der Waals surface area contributed by atoms with Crippen LogP contribution in [0.25, 0.3) is 11.4 Å². The molecule has 0 bridgehead atoms. The molecule has 2 heterocycles. The highest BCUT2D eigenvalue weighted by Crippen LogP contribution is 2.21. The van der Waals surface area contributed by atoms with Gasteiger partial charge in [-0.3, -0.25) is 0 Å². The second kappa shape index (κ2) is 9.48. The number of aliphatic imine (C=N–C) groups is 1. The first-order chi connectivity index (χ1) is 13.2. The number of amides is 1. The third kappa shape index (κ3) is 7.43. The molecule has 0 spiro atoms. The summed E-state index contributed by atoms with van der Waals surface area (Å²) in [4.78, 5) is 26.8. The molecular weight excluding hydrogens is 381 g/mol. The van der Waals surface area contributed by atoms with Crippen LogP contribution < -0.4 is 16.2 Å². The van der Waals surface area contributed by atoms with Crippen LogP contribution in [0.3, 0.4) is 0 Å². The first kappa shape index (κ1) is 20.9. The van der Waals surface area contributed by atoms with Crippen molar-refractivity contribution in [2.24, 2.45) is 16.5 Å². The van der Waals surface area contributed by atoms with E-state index in [-0.39, 0.29) is 25.6 Å². The van der Waals surface area contributed by atoms with Crippen LogP contribution in [0, 0.1) is 0 Å². The third-order valence-electron chi connectivity index (χ3n) is 3.10. The van der Waals surface area contributed by atoms with E-state index in [4.69, 9.17) is 20.9 Å². The van der Waals surface area contributed by atoms with Crippen molar-refractivity contribution in [1.29, 1.82) is 0 Å². The number of rotatable bonds is 7. The Labute approximate surface area is 157 Å². The maximum Gasteiger partial charge on any atom is 0.437 e. The zero-order valence-corrected chi connectivity index (χ0v) is 14.5. The summed E-state index contributed by atoms with van der Waals surface area (Å²) in [5.74, 6) is -0.421. The van der Waals surface area contributed by atoms with Crippen LogP contribution in [0.5, 0.6) is 6.01 Å². The Morgan fingerprint density at radius 3 is 2.61 bits per heavy atom. The largest absolute Gasteiger partial charge is 0.463 e. The minimum Gasteiger partial charge on any atom is -0.463 e. The summed E-state index contributed by atoms with van der Waals surface area (Å²) in [6, 6.07) is 6.42. The third-order valence-corrected chi connectivity index (χ3v) is 3.10. The SMILES string of the molecule is NC(N)=NC(=O)OCc1cccc(-c2ccnc(OCCCC(F)(F)F)n2)n1. The van der Waals surface area contributed by atoms with Gasteiger partial charge in [-0.05, 0) is 24.6 Å². The molecule has 0 radical (unpaired) electrons. The fourth-order valence-electron chi connectivity index (χ4n) is 1.97. The zero-order valence-electron chi connectivity index (χ0n) is 14.5. The first-order valence-electron chi connectivity index (χ1n) is 7.98. The molecule has 150 valence electrons. The lowest BCUT2D eigenvalue weighted by Gasteiger charge is -2.08. The van der Waals surface area contributed by atoms with Crippen molar-refractivity contribution >= 4 is 12.1 Å². The molecule has 12 heteroatoms. The molecule has 0 aliphatic carbocycles. The normalized spacial score (nSPS) is 11.0. The predicted octanol–water partition coefficient (Wildman–Crippen LogP) is 2.17. The van der Waals surface area contributed by atoms with Crippen LogP contribution >= 0.6 is 0 Å². The van der Waals surface area contributed by atoms with E-state index < -0.39 is 24.6 Å². The number of carbonyl (C=O) groups excluding carboxylic acids is 1. The monoisotopic (exact) mass is 398 g/mol. The molecule has 0 unspecified atom stereocenters. The Kier molecular flexibility index (Phi) is 7.07. The summed E-state index contributed by atoms with van der Waals surface area (Å²) in [7, 11) is 0. The molecule has 0 atom stereocenters. The number of carbonyl (C=O) groups is 1. The fourth-order valence-corrected chi connectivity index (χ4v) is 1.97. The predicted molar refractivity (Wildman–Crippen MR) is 92.0 cm³/mol. The summed E-state index contributed by atoms with van der Waals surface area (Å²) < 4.78 is 46.4. The van der Waals surface area contributed by atoms with Crippen LogP contribution in [0.2, 0.25) is 0 Å². The summed E-state index contributed by atoms with van der Waals surface area (Å²) in [6.07, 6.45) is -4.94. The molecule has 0 aliphatic heterocycles. The van der Waals surface area contributed by atoms with Crippen LogP contribution in [0.4, 0.5) is 18.0 Å². The number of halogens is 3. The van der Waals surface area contributed by atoms with Crippen molar-refractivity contribution in [1.82, 2.24) is 15.0 Å². The highest BCUT2D eigenvalue weighted by molar-refractivity contribution is 5.87. The number of nitrogens with zero attached hydrogens (tertiary/aromatic N) is 4. The van der Waals surface area contributed by atoms with Crippen molar-refractivity contribution in [3.05, 3.63) is 36.2 Å². The molecule has 2 rings (SSSR count). The minimum atomic E-state index is -4.24. The number of aromatic nitrogens is 3. The smallest absolute Gasteiger partial charge is 0.437 e. The lowest BCUT2D eigenvalue weighted by Crippen LogP contribution is -2.24. The van der Waals surface area contributed by atoms with Crippen molar-refractivity contribution in [3.63, 3.8) is 0 Å². The molecule has 0 aromatic carbocycles. The molecule has 0 aliphatic rings. The van der Waals surface area contributed by atoms with Gasteiger partial charge in [0.2, 0.25) is 0 Å². The summed E-state index contributed by atoms with van der Waals surface area (Å²) in [6.45, 7) is -0.341. The average molecular weight is 398 g/mol. The van der Waals surface area contributed by atoms with Gasteiger partial charge in [-0.25, -0.2) is 14.8 Å². The molecular formula is C16H17F3N6O3. The summed E-state index contributed by atoms with van der Waals surface area (Å²) in [5, 5.41) is 0. The van der Waals surface area contributed by atoms with E-state index in [1.54, 1.807) is 24.3 Å². The average Bonchev–Trinajstić information content (AvgIpc) is 2.63. The van der Waals surface area contributed by atoms with Crippen molar-refractivity contribution in [3.8, 4) is 17.4 Å². The Hall–Kier alpha value is -3.44. The van der Waals surface area contributed by atoms with E-state index in [0.29, 0.717) is 17.1 Å². The van der Waals surface area contributed by atoms with Gasteiger partial charge >= 0.3 is 18.3 Å². The van der Waals surface area contributed by atoms with Crippen LogP contribution in [0.15, 0.2) is 35.5 Å². The molecule has 0 saturated carbocycles. The van der Waals surface area contributed by atoms with Gasteiger partial charge in [0.1, 0.15) is 6.61 Å². The quantitative estimate of drug-likeness (QED) is 0.411. The van der Waals surface area contributed by atoms with Gasteiger partial charge in [0.05, 0.1) is 23.7 Å². The fraction of sp³-hybridized carbons (Fsp3) is 0.312. The second-order valence-electron chi connectivity index (χ2n) is 5.40. The van der Waals surface area contributed by atoms with Gasteiger partial charge in [0, 0.05) is 12.6 Å². The number of ether oxygens (including phenoxy) is 2. The molecule has 9 nitrogen and oxygen atoms in total. The first-order valence-corrected chi connectivity index (χ1v) is 7.98. The van der Waals surface area contributed by atoms with Crippen molar-refractivity contribution < 1.29 is 27.4 Å². The van der Waals surface area contributed by atoms with E-state index in [2.05, 4.69) is 19.9 Å². The molecule has 0 saturated heterocycles. The van der Waals surface area contributed by atoms with Gasteiger partial charge < -0.3 is 20.9 Å². The molecule has 2 aromatic rings. The molecule has 2 aromatic heterocycles. The minimum absolute atomic E-state index is 0.0638. The Morgan fingerprint density at radius 1 is 1.14 bits per heavy atom. The number of hydrogen-bond acceptors (Lipinski definition) is 6. The van der Waals surface area contributed by atoms with Gasteiger partial charge in [0.25, 0.3) is 0 Å².